The number of anilines is 6. The Hall–Kier alpha value is -13.4. The van der Waals surface area contributed by atoms with Crippen LogP contribution in [0.5, 0.6) is 0 Å². The molecule has 17 aromatic rings. The maximum atomic E-state index is 2.62. The normalized spacial score (nSPS) is 15.8. The zero-order valence-electron chi connectivity index (χ0n) is 58.9. The van der Waals surface area contributed by atoms with Crippen LogP contribution in [0, 0.1) is 0 Å². The monoisotopic (exact) mass is 1360 g/mol. The van der Waals surface area contributed by atoms with Gasteiger partial charge in [-0.15, -0.1) is 0 Å². The van der Waals surface area contributed by atoms with Crippen molar-refractivity contribution < 1.29 is 0 Å². The number of hydrogen-bond donors (Lipinski definition) is 0. The highest BCUT2D eigenvalue weighted by atomic mass is 15.2. The quantitative estimate of drug-likeness (QED) is 0.133. The van der Waals surface area contributed by atoms with Crippen LogP contribution in [0.2, 0.25) is 0 Å². The summed E-state index contributed by atoms with van der Waals surface area (Å²) in [4.78, 5) is 5.07. The molecule has 5 aliphatic rings. The third-order valence-corrected chi connectivity index (χ3v) is 24.4. The van der Waals surface area contributed by atoms with Gasteiger partial charge in [0.2, 0.25) is 0 Å². The molecule has 2 heteroatoms. The third kappa shape index (κ3) is 8.41. The van der Waals surface area contributed by atoms with Crippen molar-refractivity contribution in [2.75, 3.05) is 9.80 Å². The summed E-state index contributed by atoms with van der Waals surface area (Å²) in [6.07, 6.45) is 9.33. The number of para-hydroxylation sites is 4. The highest BCUT2D eigenvalue weighted by Crippen LogP contribution is 2.68. The SMILES string of the molecule is C1=CC(C2(c3ccccc3)c3ccccc3N(c3ccccc3)c3cccc(-c4cccc5c(-c6cccc7c6C6(c8ccccc8-c8ccccc86)c6ccc8ccccc8c6-7)c6cccc(-c7cccc8c7C(c7ccccc7)(c7ccccc7)c7ccccc7N8c7ccccc7)c6cc45)c32)=CCC1. The van der Waals surface area contributed by atoms with Gasteiger partial charge in [-0.3, -0.25) is 0 Å². The summed E-state index contributed by atoms with van der Waals surface area (Å²) in [6, 6.07) is 146. The molecule has 1 atom stereocenters. The van der Waals surface area contributed by atoms with Gasteiger partial charge in [-0.1, -0.05) is 346 Å². The molecule has 1 unspecified atom stereocenters. The largest absolute Gasteiger partial charge is 0.310 e. The smallest absolute Gasteiger partial charge is 0.0748 e. The van der Waals surface area contributed by atoms with E-state index in [4.69, 9.17) is 0 Å². The summed E-state index contributed by atoms with van der Waals surface area (Å²) in [5, 5.41) is 7.22. The Labute approximate surface area is 624 Å². The molecule has 2 aliphatic heterocycles. The molecule has 2 nitrogen and oxygen atoms in total. The molecule has 0 amide bonds. The molecule has 500 valence electrons. The minimum atomic E-state index is -0.805. The van der Waals surface area contributed by atoms with E-state index in [-0.39, 0.29) is 0 Å². The van der Waals surface area contributed by atoms with E-state index in [9.17, 15) is 0 Å². The van der Waals surface area contributed by atoms with Gasteiger partial charge in [0.1, 0.15) is 0 Å². The van der Waals surface area contributed by atoms with Crippen LogP contribution in [0.15, 0.2) is 406 Å². The van der Waals surface area contributed by atoms with Crippen LogP contribution in [0.3, 0.4) is 0 Å². The lowest BCUT2D eigenvalue weighted by atomic mass is 9.59. The van der Waals surface area contributed by atoms with E-state index in [0.717, 1.165) is 52.4 Å². The second-order valence-electron chi connectivity index (χ2n) is 29.3. The molecule has 3 aliphatic carbocycles. The van der Waals surface area contributed by atoms with Crippen molar-refractivity contribution >= 4 is 66.4 Å². The van der Waals surface area contributed by atoms with Gasteiger partial charge in [0, 0.05) is 22.5 Å². The minimum Gasteiger partial charge on any atom is -0.310 e. The lowest BCUT2D eigenvalue weighted by Gasteiger charge is -2.48. The molecular formula is C105H70N2. The van der Waals surface area contributed by atoms with Gasteiger partial charge in [0.15, 0.2) is 0 Å². The first kappa shape index (κ1) is 61.1. The van der Waals surface area contributed by atoms with Crippen LogP contribution >= 0.6 is 0 Å². The van der Waals surface area contributed by atoms with Crippen LogP contribution < -0.4 is 9.80 Å². The average Bonchev–Trinajstić information content (AvgIpc) is 1.57. The van der Waals surface area contributed by atoms with Gasteiger partial charge >= 0.3 is 0 Å². The van der Waals surface area contributed by atoms with Crippen molar-refractivity contribution in [1.29, 1.82) is 0 Å². The van der Waals surface area contributed by atoms with E-state index in [1.165, 1.54) is 149 Å². The van der Waals surface area contributed by atoms with E-state index < -0.39 is 16.2 Å². The molecule has 1 spiro atoms. The third-order valence-electron chi connectivity index (χ3n) is 24.4. The first-order chi connectivity index (χ1) is 53.2. The van der Waals surface area contributed by atoms with Crippen LogP contribution in [-0.2, 0) is 16.2 Å². The Morgan fingerprint density at radius 2 is 0.617 bits per heavy atom. The van der Waals surface area contributed by atoms with Crippen molar-refractivity contribution in [2.24, 2.45) is 0 Å². The van der Waals surface area contributed by atoms with Crippen LogP contribution in [-0.4, -0.2) is 0 Å². The first-order valence-corrected chi connectivity index (χ1v) is 37.7. The Bertz CT molecular complexity index is 6480. The Morgan fingerprint density at radius 1 is 0.224 bits per heavy atom. The van der Waals surface area contributed by atoms with Crippen LogP contribution in [0.25, 0.3) is 88.0 Å². The second kappa shape index (κ2) is 23.8. The van der Waals surface area contributed by atoms with E-state index in [0.29, 0.717) is 0 Å². The van der Waals surface area contributed by atoms with Crippen molar-refractivity contribution in [3.8, 4) is 55.6 Å². The van der Waals surface area contributed by atoms with E-state index in [2.05, 4.69) is 410 Å². The molecule has 17 aromatic carbocycles. The Morgan fingerprint density at radius 3 is 1.16 bits per heavy atom. The molecule has 107 heavy (non-hydrogen) atoms. The maximum Gasteiger partial charge on any atom is 0.0748 e. The second-order valence-corrected chi connectivity index (χ2v) is 29.3. The molecule has 0 aromatic heterocycles. The van der Waals surface area contributed by atoms with Crippen molar-refractivity contribution in [3.63, 3.8) is 0 Å². The predicted molar refractivity (Wildman–Crippen MR) is 446 cm³/mol. The zero-order valence-corrected chi connectivity index (χ0v) is 58.9. The molecule has 0 N–H and O–H groups in total. The summed E-state index contributed by atoms with van der Waals surface area (Å²) >= 11 is 0. The molecule has 0 bridgehead atoms. The molecule has 22 rings (SSSR count). The molecule has 2 heterocycles. The molecule has 0 radical (unpaired) electrons. The van der Waals surface area contributed by atoms with Crippen LogP contribution in [0.1, 0.15) is 74.0 Å². The summed E-state index contributed by atoms with van der Waals surface area (Å²) in [6.45, 7) is 0. The number of allylic oxidation sites excluding steroid dienone is 4. The lowest BCUT2D eigenvalue weighted by molar-refractivity contribution is 0.720. The van der Waals surface area contributed by atoms with Gasteiger partial charge in [-0.05, 0) is 211 Å². The molecule has 0 saturated carbocycles. The summed E-state index contributed by atoms with van der Waals surface area (Å²) in [5.41, 5.74) is 31.9. The topological polar surface area (TPSA) is 6.48 Å². The lowest BCUT2D eigenvalue weighted by Crippen LogP contribution is -2.39. The summed E-state index contributed by atoms with van der Waals surface area (Å²) in [7, 11) is 0. The number of benzene rings is 17. The van der Waals surface area contributed by atoms with Gasteiger partial charge in [0.05, 0.1) is 39.0 Å². The average molecular weight is 1360 g/mol. The fourth-order valence-electron chi connectivity index (χ4n) is 20.5. The van der Waals surface area contributed by atoms with E-state index >= 15 is 0 Å². The molecule has 0 fully saturated rings. The molecular weight excluding hydrogens is 1290 g/mol. The zero-order chi connectivity index (χ0) is 70.4. The van der Waals surface area contributed by atoms with Gasteiger partial charge in [-0.25, -0.2) is 0 Å². The predicted octanol–water partition coefficient (Wildman–Crippen LogP) is 27.1. The fourth-order valence-corrected chi connectivity index (χ4v) is 20.5. The van der Waals surface area contributed by atoms with Gasteiger partial charge < -0.3 is 9.80 Å². The van der Waals surface area contributed by atoms with Gasteiger partial charge in [0.25, 0.3) is 0 Å². The van der Waals surface area contributed by atoms with E-state index in [1.807, 2.05) is 0 Å². The van der Waals surface area contributed by atoms with Crippen molar-refractivity contribution in [1.82, 2.24) is 0 Å². The standard InChI is InChI=1S/C105H70N2/c1-7-35-70(36-8-1)103(71-37-9-2-10-38-71)91-60-25-27-62-94(91)106(74-43-15-5-16-44-74)96-64-32-54-83(101(96)103)77-50-29-52-81-87(77)68-88-78(84-55-33-65-97-102(84)104(72-39-11-3-12-40-72,73-41-13-4-14-42-73)92-61-26-28-63-95(92)107(97)75-45-17-6-18-46-75)51-30-53-82(88)98(81)85-56-31-57-86-99-76-47-20-19-34-69(76)66-67-93(99)105(100(85)86)89-58-23-21-48-79(89)80-49-22-24-59-90(80)105/h1-3,5-13,15-68H,4,14H2. The fraction of sp³-hybridized carbons (Fsp3) is 0.0476. The minimum absolute atomic E-state index is 0.691. The van der Waals surface area contributed by atoms with Gasteiger partial charge in [-0.2, -0.15) is 0 Å². The summed E-state index contributed by atoms with van der Waals surface area (Å²) in [5.74, 6) is 0. The number of nitrogens with zero attached hydrogens (tertiary/aromatic N) is 2. The number of rotatable bonds is 9. The van der Waals surface area contributed by atoms with Crippen molar-refractivity contribution in [2.45, 2.75) is 29.1 Å². The Balaban J connectivity index is 0.926. The number of fused-ring (bicyclic) bond motifs is 18. The summed E-state index contributed by atoms with van der Waals surface area (Å²) < 4.78 is 0. The van der Waals surface area contributed by atoms with Crippen molar-refractivity contribution in [3.05, 3.63) is 467 Å². The maximum absolute atomic E-state index is 2.62. The van der Waals surface area contributed by atoms with Crippen LogP contribution in [0.4, 0.5) is 34.1 Å². The highest BCUT2D eigenvalue weighted by Gasteiger charge is 2.55. The first-order valence-electron chi connectivity index (χ1n) is 37.7. The number of hydrogen-bond acceptors (Lipinski definition) is 2. The van der Waals surface area contributed by atoms with E-state index in [1.54, 1.807) is 0 Å². The molecule has 0 saturated heterocycles. The Kier molecular flexibility index (Phi) is 13.6. The highest BCUT2D eigenvalue weighted by molar-refractivity contribution is 6.22.